The average molecular weight is 492 g/mol. The first-order valence-electron chi connectivity index (χ1n) is 12.2. The third-order valence-electron chi connectivity index (χ3n) is 7.86. The predicted molar refractivity (Wildman–Crippen MR) is 129 cm³/mol. The number of nitrogens with zero attached hydrogens (tertiary/aromatic N) is 3. The molecule has 2 aromatic carbocycles. The topological polar surface area (TPSA) is 118 Å². The molecule has 1 saturated carbocycles. The number of hydrogen-bond acceptors (Lipinski definition) is 5. The van der Waals surface area contributed by atoms with Gasteiger partial charge >= 0.3 is 11.9 Å². The molecule has 0 aromatic heterocycles. The first-order valence-corrected chi connectivity index (χ1v) is 12.2. The fourth-order valence-electron chi connectivity index (χ4n) is 6.17. The molecule has 0 radical (unpaired) electrons. The van der Waals surface area contributed by atoms with E-state index >= 15 is 0 Å². The van der Waals surface area contributed by atoms with Crippen molar-refractivity contribution in [3.8, 4) is 0 Å². The lowest BCUT2D eigenvalue weighted by Crippen LogP contribution is -2.58. The van der Waals surface area contributed by atoms with Crippen LogP contribution in [0, 0.1) is 0 Å². The summed E-state index contributed by atoms with van der Waals surface area (Å²) in [7, 11) is 0. The van der Waals surface area contributed by atoms with Gasteiger partial charge in [-0.15, -0.1) is 0 Å². The summed E-state index contributed by atoms with van der Waals surface area (Å²) in [6, 6.07) is 13.7. The van der Waals surface area contributed by atoms with Crippen molar-refractivity contribution >= 4 is 23.8 Å². The molecular weight excluding hydrogens is 462 g/mol. The standard InChI is InChI=1S/C27H29N3O6/c1-17(31)29(27(26(35)36)12-4-5-13-27)16-20-15-28(14-18-8-10-19(11-9-18)25(33)34)23-21-6-2-3-7-22(21)24(32)30(20)23/h2-3,6-11,20,23H,4-5,12-16H2,1H3,(H,33,34)(H,35,36)/t20-,23?/m0/s1. The highest BCUT2D eigenvalue weighted by Gasteiger charge is 2.53. The zero-order valence-electron chi connectivity index (χ0n) is 20.1. The minimum atomic E-state index is -1.24. The second kappa shape index (κ2) is 9.05. The van der Waals surface area contributed by atoms with Crippen LogP contribution >= 0.6 is 0 Å². The van der Waals surface area contributed by atoms with Crippen LogP contribution in [0.5, 0.6) is 0 Å². The number of carboxylic acid groups (broad SMARTS) is 2. The number of carbonyl (C=O) groups is 4. The molecule has 1 saturated heterocycles. The molecule has 2 N–H and O–H groups in total. The second-order valence-corrected chi connectivity index (χ2v) is 9.93. The highest BCUT2D eigenvalue weighted by molar-refractivity contribution is 5.99. The van der Waals surface area contributed by atoms with Gasteiger partial charge in [-0.1, -0.05) is 43.2 Å². The van der Waals surface area contributed by atoms with Gasteiger partial charge in [-0.3, -0.25) is 14.5 Å². The maximum Gasteiger partial charge on any atom is 0.335 e. The van der Waals surface area contributed by atoms with Gasteiger partial charge in [-0.2, -0.15) is 0 Å². The minimum absolute atomic E-state index is 0.122. The molecule has 2 heterocycles. The summed E-state index contributed by atoms with van der Waals surface area (Å²) in [5.74, 6) is -2.41. The van der Waals surface area contributed by atoms with E-state index in [4.69, 9.17) is 0 Å². The first-order chi connectivity index (χ1) is 17.2. The summed E-state index contributed by atoms with van der Waals surface area (Å²) < 4.78 is 0. The summed E-state index contributed by atoms with van der Waals surface area (Å²) in [4.78, 5) is 55.3. The Hall–Kier alpha value is -3.72. The van der Waals surface area contributed by atoms with Crippen molar-refractivity contribution in [2.75, 3.05) is 13.1 Å². The Balaban J connectivity index is 1.47. The van der Waals surface area contributed by atoms with Gasteiger partial charge < -0.3 is 20.0 Å². The fraction of sp³-hybridized carbons (Fsp3) is 0.407. The van der Waals surface area contributed by atoms with Crippen LogP contribution in [0.15, 0.2) is 48.5 Å². The van der Waals surface area contributed by atoms with Crippen LogP contribution < -0.4 is 0 Å². The van der Waals surface area contributed by atoms with E-state index in [1.807, 2.05) is 18.2 Å². The van der Waals surface area contributed by atoms with E-state index in [1.54, 1.807) is 35.2 Å². The number of aliphatic carboxylic acids is 1. The summed E-state index contributed by atoms with van der Waals surface area (Å²) in [5.41, 5.74) is 1.36. The largest absolute Gasteiger partial charge is 0.479 e. The van der Waals surface area contributed by atoms with Gasteiger partial charge in [0, 0.05) is 37.7 Å². The zero-order chi connectivity index (χ0) is 25.6. The molecule has 36 heavy (non-hydrogen) atoms. The molecule has 2 amide bonds. The number of carboxylic acids is 2. The monoisotopic (exact) mass is 491 g/mol. The maximum atomic E-state index is 13.5. The highest BCUT2D eigenvalue weighted by Crippen LogP contribution is 2.44. The third kappa shape index (κ3) is 3.83. The van der Waals surface area contributed by atoms with Gasteiger partial charge in [0.25, 0.3) is 5.91 Å². The Morgan fingerprint density at radius 2 is 1.69 bits per heavy atom. The highest BCUT2D eigenvalue weighted by atomic mass is 16.4. The molecule has 3 aliphatic rings. The van der Waals surface area contributed by atoms with Crippen LogP contribution in [-0.4, -0.2) is 73.3 Å². The van der Waals surface area contributed by atoms with Crippen LogP contribution in [-0.2, 0) is 16.1 Å². The molecule has 1 unspecified atom stereocenters. The van der Waals surface area contributed by atoms with E-state index in [2.05, 4.69) is 4.90 Å². The lowest BCUT2D eigenvalue weighted by Gasteiger charge is -2.40. The van der Waals surface area contributed by atoms with Crippen molar-refractivity contribution in [2.45, 2.75) is 56.9 Å². The Kier molecular flexibility index (Phi) is 6.04. The molecule has 1 aliphatic carbocycles. The predicted octanol–water partition coefficient (Wildman–Crippen LogP) is 2.97. The van der Waals surface area contributed by atoms with Crippen molar-refractivity contribution < 1.29 is 29.4 Å². The van der Waals surface area contributed by atoms with Crippen molar-refractivity contribution in [2.24, 2.45) is 0 Å². The Morgan fingerprint density at radius 3 is 2.31 bits per heavy atom. The quantitative estimate of drug-likeness (QED) is 0.611. The van der Waals surface area contributed by atoms with Crippen LogP contribution in [0.2, 0.25) is 0 Å². The fourth-order valence-corrected chi connectivity index (χ4v) is 6.17. The van der Waals surface area contributed by atoms with Crippen molar-refractivity contribution in [1.29, 1.82) is 0 Å². The lowest BCUT2D eigenvalue weighted by atomic mass is 9.94. The molecule has 2 atom stereocenters. The Labute approximate surface area is 208 Å². The van der Waals surface area contributed by atoms with E-state index in [-0.39, 0.29) is 36.1 Å². The number of aromatic carboxylic acids is 1. The SMILES string of the molecule is CC(=O)N(C[C@@H]1CN(Cc2ccc(C(=O)O)cc2)C2c3ccccc3C(=O)N21)C1(C(=O)O)CCCC1. The second-order valence-electron chi connectivity index (χ2n) is 9.93. The Bertz CT molecular complexity index is 1220. The molecule has 2 aromatic rings. The van der Waals surface area contributed by atoms with Crippen molar-refractivity contribution in [3.05, 3.63) is 70.8 Å². The van der Waals surface area contributed by atoms with E-state index in [9.17, 15) is 29.4 Å². The van der Waals surface area contributed by atoms with E-state index < -0.39 is 17.5 Å². The molecule has 0 bridgehead atoms. The molecule has 2 fully saturated rings. The summed E-state index contributed by atoms with van der Waals surface area (Å²) in [6.45, 7) is 2.48. The maximum absolute atomic E-state index is 13.5. The van der Waals surface area contributed by atoms with Gasteiger partial charge in [-0.25, -0.2) is 9.59 Å². The van der Waals surface area contributed by atoms with Gasteiger partial charge in [0.15, 0.2) is 0 Å². The number of fused-ring (bicyclic) bond motifs is 3. The van der Waals surface area contributed by atoms with Crippen LogP contribution in [0.25, 0.3) is 0 Å². The van der Waals surface area contributed by atoms with Gasteiger partial charge in [0.1, 0.15) is 11.7 Å². The van der Waals surface area contributed by atoms with E-state index in [0.717, 1.165) is 24.0 Å². The number of carbonyl (C=O) groups excluding carboxylic acids is 2. The normalized spacial score (nSPS) is 22.4. The molecule has 0 spiro atoms. The average Bonchev–Trinajstić information content (AvgIpc) is 3.55. The van der Waals surface area contributed by atoms with Crippen LogP contribution in [0.1, 0.15) is 70.6 Å². The van der Waals surface area contributed by atoms with Crippen molar-refractivity contribution in [1.82, 2.24) is 14.7 Å². The summed E-state index contributed by atoms with van der Waals surface area (Å²) in [6.07, 6.45) is 1.97. The lowest BCUT2D eigenvalue weighted by molar-refractivity contribution is -0.159. The van der Waals surface area contributed by atoms with Crippen LogP contribution in [0.3, 0.4) is 0 Å². The van der Waals surface area contributed by atoms with Crippen molar-refractivity contribution in [3.63, 3.8) is 0 Å². The number of hydrogen-bond donors (Lipinski definition) is 2. The van der Waals surface area contributed by atoms with E-state index in [1.165, 1.54) is 11.8 Å². The van der Waals surface area contributed by atoms with Gasteiger partial charge in [0.05, 0.1) is 11.6 Å². The summed E-state index contributed by atoms with van der Waals surface area (Å²) >= 11 is 0. The summed E-state index contributed by atoms with van der Waals surface area (Å²) in [5, 5.41) is 19.3. The van der Waals surface area contributed by atoms with Gasteiger partial charge in [0.2, 0.25) is 5.91 Å². The third-order valence-corrected chi connectivity index (χ3v) is 7.86. The minimum Gasteiger partial charge on any atom is -0.479 e. The van der Waals surface area contributed by atoms with Crippen LogP contribution in [0.4, 0.5) is 0 Å². The molecule has 9 nitrogen and oxygen atoms in total. The molecule has 188 valence electrons. The molecular formula is C27H29N3O6. The number of benzene rings is 2. The van der Waals surface area contributed by atoms with Gasteiger partial charge in [-0.05, 0) is 36.6 Å². The first kappa shape index (κ1) is 24.0. The smallest absolute Gasteiger partial charge is 0.335 e. The zero-order valence-corrected chi connectivity index (χ0v) is 20.1. The Morgan fingerprint density at radius 1 is 1.03 bits per heavy atom. The molecule has 9 heteroatoms. The molecule has 5 rings (SSSR count). The molecule has 2 aliphatic heterocycles. The number of rotatable bonds is 7. The number of amides is 2. The van der Waals surface area contributed by atoms with E-state index in [0.29, 0.717) is 31.5 Å².